The Morgan fingerprint density at radius 1 is 1.50 bits per heavy atom. The topological polar surface area (TPSA) is 25.2 Å². The van der Waals surface area contributed by atoms with Crippen LogP contribution in [0.15, 0.2) is 22.7 Å². The number of hydrogen-bond acceptors (Lipinski definition) is 1. The van der Waals surface area contributed by atoms with Gasteiger partial charge in [0.1, 0.15) is 5.15 Å². The molecule has 1 heterocycles. The highest BCUT2D eigenvalue weighted by Crippen LogP contribution is 2.30. The van der Waals surface area contributed by atoms with Gasteiger partial charge >= 0.3 is 0 Å². The number of benzene rings is 1. The molecule has 0 saturated heterocycles. The highest BCUT2D eigenvalue weighted by Gasteiger charge is 2.12. The van der Waals surface area contributed by atoms with E-state index < -0.39 is 0 Å². The van der Waals surface area contributed by atoms with Gasteiger partial charge in [-0.25, -0.2) is 0 Å². The summed E-state index contributed by atoms with van der Waals surface area (Å²) in [7, 11) is 1.89. The summed E-state index contributed by atoms with van der Waals surface area (Å²) in [5.74, 6) is 0. The maximum atomic E-state index is 9.21. The summed E-state index contributed by atoms with van der Waals surface area (Å²) in [4.78, 5) is 0. The van der Waals surface area contributed by atoms with Gasteiger partial charge in [0, 0.05) is 28.0 Å². The summed E-state index contributed by atoms with van der Waals surface area (Å²) < 4.78 is 2.86. The van der Waals surface area contributed by atoms with Crippen molar-refractivity contribution in [3.63, 3.8) is 0 Å². The van der Waals surface area contributed by atoms with Crippen LogP contribution in [0.1, 0.15) is 5.56 Å². The molecule has 0 aliphatic rings. The van der Waals surface area contributed by atoms with E-state index in [4.69, 9.17) is 11.6 Å². The quantitative estimate of drug-likeness (QED) is 0.849. The fourth-order valence-electron chi connectivity index (χ4n) is 1.61. The minimum atomic E-state index is -0.0351. The van der Waals surface area contributed by atoms with Crippen molar-refractivity contribution in [2.75, 3.05) is 0 Å². The summed E-state index contributed by atoms with van der Waals surface area (Å²) in [5, 5.41) is 10.8. The Labute approximate surface area is 95.2 Å². The first kappa shape index (κ1) is 10.0. The van der Waals surface area contributed by atoms with E-state index in [9.17, 15) is 5.11 Å². The Kier molecular flexibility index (Phi) is 2.56. The van der Waals surface area contributed by atoms with Crippen molar-refractivity contribution in [3.05, 3.63) is 33.4 Å². The number of aliphatic hydroxyl groups is 1. The van der Waals surface area contributed by atoms with Gasteiger partial charge in [0.2, 0.25) is 0 Å². The van der Waals surface area contributed by atoms with Crippen LogP contribution in [0.3, 0.4) is 0 Å². The number of halogens is 2. The van der Waals surface area contributed by atoms with Gasteiger partial charge in [-0.05, 0) is 18.2 Å². The van der Waals surface area contributed by atoms with Crippen LogP contribution in [-0.4, -0.2) is 9.67 Å². The zero-order valence-electron chi connectivity index (χ0n) is 7.59. The van der Waals surface area contributed by atoms with Crippen molar-refractivity contribution < 1.29 is 5.11 Å². The lowest BCUT2D eigenvalue weighted by Crippen LogP contribution is -1.87. The molecule has 0 aliphatic carbocycles. The highest BCUT2D eigenvalue weighted by molar-refractivity contribution is 9.10. The Bertz CT molecular complexity index is 492. The van der Waals surface area contributed by atoms with Gasteiger partial charge in [-0.15, -0.1) is 0 Å². The van der Waals surface area contributed by atoms with Crippen LogP contribution in [0.5, 0.6) is 0 Å². The lowest BCUT2D eigenvalue weighted by molar-refractivity contribution is 0.283. The van der Waals surface area contributed by atoms with E-state index in [0.29, 0.717) is 5.15 Å². The summed E-state index contributed by atoms with van der Waals surface area (Å²) in [6, 6.07) is 5.90. The van der Waals surface area contributed by atoms with Gasteiger partial charge in [-0.3, -0.25) is 0 Å². The molecule has 0 aliphatic heterocycles. The summed E-state index contributed by atoms with van der Waals surface area (Å²) in [6.07, 6.45) is 0. The molecule has 0 fully saturated rings. The lowest BCUT2D eigenvalue weighted by atomic mass is 10.2. The van der Waals surface area contributed by atoms with Crippen molar-refractivity contribution in [3.8, 4) is 0 Å². The SMILES string of the molecule is Cn1c(Cl)c(CO)c2cc(Br)ccc21. The molecule has 4 heteroatoms. The van der Waals surface area contributed by atoms with Crippen molar-refractivity contribution in [2.45, 2.75) is 6.61 Å². The number of fused-ring (bicyclic) bond motifs is 1. The van der Waals surface area contributed by atoms with E-state index in [0.717, 1.165) is 20.9 Å². The van der Waals surface area contributed by atoms with E-state index >= 15 is 0 Å². The summed E-state index contributed by atoms with van der Waals surface area (Å²) in [5.41, 5.74) is 1.81. The van der Waals surface area contributed by atoms with Gasteiger partial charge in [0.15, 0.2) is 0 Å². The second kappa shape index (κ2) is 3.57. The molecule has 0 atom stereocenters. The Hall–Kier alpha value is -0.510. The molecule has 1 aromatic carbocycles. The fourth-order valence-corrected chi connectivity index (χ4v) is 2.23. The molecule has 0 amide bonds. The molecule has 2 aromatic rings. The molecule has 2 nitrogen and oxygen atoms in total. The molecular formula is C10H9BrClNO. The van der Waals surface area contributed by atoms with Gasteiger partial charge in [-0.1, -0.05) is 27.5 Å². The molecule has 0 bridgehead atoms. The van der Waals surface area contributed by atoms with Crippen LogP contribution in [0, 0.1) is 0 Å². The molecule has 1 N–H and O–H groups in total. The number of aromatic nitrogens is 1. The van der Waals surface area contributed by atoms with Crippen LogP contribution < -0.4 is 0 Å². The zero-order chi connectivity index (χ0) is 10.3. The molecule has 0 spiro atoms. The van der Waals surface area contributed by atoms with Gasteiger partial charge < -0.3 is 9.67 Å². The Morgan fingerprint density at radius 2 is 2.21 bits per heavy atom. The average Bonchev–Trinajstić information content (AvgIpc) is 2.39. The first-order valence-corrected chi connectivity index (χ1v) is 5.35. The summed E-state index contributed by atoms with van der Waals surface area (Å²) in [6.45, 7) is -0.0351. The number of nitrogens with zero attached hydrogens (tertiary/aromatic N) is 1. The predicted molar refractivity (Wildman–Crippen MR) is 61.6 cm³/mol. The minimum absolute atomic E-state index is 0.0351. The van der Waals surface area contributed by atoms with Crippen LogP contribution >= 0.6 is 27.5 Å². The summed E-state index contributed by atoms with van der Waals surface area (Å²) >= 11 is 9.47. The molecular weight excluding hydrogens is 265 g/mol. The number of aliphatic hydroxyl groups excluding tert-OH is 1. The standard InChI is InChI=1S/C10H9BrClNO/c1-13-9-3-2-6(11)4-7(9)8(5-14)10(13)12/h2-4,14H,5H2,1H3. The smallest absolute Gasteiger partial charge is 0.115 e. The third-order valence-electron chi connectivity index (χ3n) is 2.35. The first-order chi connectivity index (χ1) is 6.65. The van der Waals surface area contributed by atoms with Crippen molar-refractivity contribution in [1.29, 1.82) is 0 Å². The fraction of sp³-hybridized carbons (Fsp3) is 0.200. The Morgan fingerprint density at radius 3 is 2.86 bits per heavy atom. The maximum Gasteiger partial charge on any atom is 0.115 e. The molecule has 14 heavy (non-hydrogen) atoms. The number of hydrogen-bond donors (Lipinski definition) is 1. The van der Waals surface area contributed by atoms with Crippen molar-refractivity contribution >= 4 is 38.4 Å². The third-order valence-corrected chi connectivity index (χ3v) is 3.32. The molecule has 0 unspecified atom stereocenters. The van der Waals surface area contributed by atoms with Crippen molar-refractivity contribution in [2.24, 2.45) is 7.05 Å². The van der Waals surface area contributed by atoms with Crippen LogP contribution in [0.4, 0.5) is 0 Å². The van der Waals surface area contributed by atoms with Crippen LogP contribution in [0.25, 0.3) is 10.9 Å². The Balaban J connectivity index is 2.89. The number of rotatable bonds is 1. The molecule has 2 rings (SSSR count). The largest absolute Gasteiger partial charge is 0.392 e. The maximum absolute atomic E-state index is 9.21. The van der Waals surface area contributed by atoms with Gasteiger partial charge in [-0.2, -0.15) is 0 Å². The van der Waals surface area contributed by atoms with E-state index in [1.807, 2.05) is 29.8 Å². The van der Waals surface area contributed by atoms with Gasteiger partial charge in [0.05, 0.1) is 6.61 Å². The van der Waals surface area contributed by atoms with E-state index in [-0.39, 0.29) is 6.61 Å². The molecule has 0 saturated carbocycles. The van der Waals surface area contributed by atoms with Gasteiger partial charge in [0.25, 0.3) is 0 Å². The highest BCUT2D eigenvalue weighted by atomic mass is 79.9. The second-order valence-electron chi connectivity index (χ2n) is 3.15. The van der Waals surface area contributed by atoms with Crippen LogP contribution in [-0.2, 0) is 13.7 Å². The lowest BCUT2D eigenvalue weighted by Gasteiger charge is -1.96. The molecule has 1 aromatic heterocycles. The van der Waals surface area contributed by atoms with Crippen molar-refractivity contribution in [1.82, 2.24) is 4.57 Å². The zero-order valence-corrected chi connectivity index (χ0v) is 9.93. The second-order valence-corrected chi connectivity index (χ2v) is 4.42. The predicted octanol–water partition coefficient (Wildman–Crippen LogP) is 3.09. The first-order valence-electron chi connectivity index (χ1n) is 4.18. The van der Waals surface area contributed by atoms with E-state index in [1.165, 1.54) is 0 Å². The monoisotopic (exact) mass is 273 g/mol. The normalized spacial score (nSPS) is 11.1. The van der Waals surface area contributed by atoms with Crippen LogP contribution in [0.2, 0.25) is 5.15 Å². The molecule has 74 valence electrons. The molecule has 0 radical (unpaired) electrons. The third kappa shape index (κ3) is 1.36. The van der Waals surface area contributed by atoms with E-state index in [1.54, 1.807) is 0 Å². The number of aryl methyl sites for hydroxylation is 1. The van der Waals surface area contributed by atoms with E-state index in [2.05, 4.69) is 15.9 Å². The average molecular weight is 275 g/mol. The minimum Gasteiger partial charge on any atom is -0.392 e.